The number of amides is 1. The molecule has 1 saturated heterocycles. The van der Waals surface area contributed by atoms with E-state index >= 15 is 0 Å². The number of ether oxygens (including phenoxy) is 1. The lowest BCUT2D eigenvalue weighted by Crippen LogP contribution is -2.56. The molecule has 8 nitrogen and oxygen atoms in total. The number of sulfone groups is 1. The normalized spacial score (nSPS) is 17.1. The molecule has 0 unspecified atom stereocenters. The van der Waals surface area contributed by atoms with Gasteiger partial charge in [-0.05, 0) is 25.5 Å². The molecule has 1 atom stereocenters. The average Bonchev–Trinajstić information content (AvgIpc) is 3.06. The summed E-state index contributed by atoms with van der Waals surface area (Å²) < 4.78 is 69.3. The summed E-state index contributed by atoms with van der Waals surface area (Å²) >= 11 is 11.9. The van der Waals surface area contributed by atoms with Crippen molar-refractivity contribution in [3.63, 3.8) is 0 Å². The fourth-order valence-electron chi connectivity index (χ4n) is 3.94. The van der Waals surface area contributed by atoms with Crippen LogP contribution in [-0.4, -0.2) is 73.8 Å². The predicted molar refractivity (Wildman–Crippen MR) is 127 cm³/mol. The van der Waals surface area contributed by atoms with Crippen molar-refractivity contribution >= 4 is 44.6 Å². The molecule has 0 bridgehead atoms. The van der Waals surface area contributed by atoms with Crippen LogP contribution in [0.4, 0.5) is 18.9 Å². The Hall–Kier alpha value is -2.18. The summed E-state index contributed by atoms with van der Waals surface area (Å²) in [5.41, 5.74) is -0.446. The van der Waals surface area contributed by atoms with Crippen molar-refractivity contribution in [2.24, 2.45) is 0 Å². The Bertz CT molecular complexity index is 1200. The Kier molecular flexibility index (Phi) is 8.17. The molecule has 3 rings (SSSR count). The molecule has 1 aliphatic rings. The number of carbonyl (C=O) groups is 1. The number of benzene rings is 1. The van der Waals surface area contributed by atoms with E-state index in [9.17, 15) is 26.4 Å². The molecule has 1 aromatic heterocycles. The van der Waals surface area contributed by atoms with Crippen molar-refractivity contribution in [1.82, 2.24) is 14.7 Å². The van der Waals surface area contributed by atoms with E-state index in [2.05, 4.69) is 5.10 Å². The van der Waals surface area contributed by atoms with Crippen LogP contribution >= 0.6 is 23.2 Å². The number of hydrogen-bond acceptors (Lipinski definition) is 6. The van der Waals surface area contributed by atoms with E-state index in [1.54, 1.807) is 18.2 Å². The Balaban J connectivity index is 1.83. The van der Waals surface area contributed by atoms with E-state index in [1.807, 2.05) is 4.90 Å². The van der Waals surface area contributed by atoms with Gasteiger partial charge < -0.3 is 14.5 Å². The van der Waals surface area contributed by atoms with Crippen LogP contribution in [0.2, 0.25) is 10.0 Å². The molecule has 1 amide bonds. The largest absolute Gasteiger partial charge is 0.495 e. The minimum absolute atomic E-state index is 0.0203. The van der Waals surface area contributed by atoms with E-state index in [0.717, 1.165) is 16.6 Å². The maximum atomic E-state index is 13.2. The van der Waals surface area contributed by atoms with E-state index in [1.165, 1.54) is 18.9 Å². The van der Waals surface area contributed by atoms with Crippen LogP contribution in [0.5, 0.6) is 5.75 Å². The number of carbonyl (C=O) groups excluding carboxylic acids is 1. The molecular weight excluding hydrogens is 532 g/mol. The van der Waals surface area contributed by atoms with Gasteiger partial charge in [-0.2, -0.15) is 18.3 Å². The van der Waals surface area contributed by atoms with Crippen LogP contribution in [0, 0.1) is 6.92 Å². The third-order valence-electron chi connectivity index (χ3n) is 5.81. The number of aromatic nitrogens is 2. The molecule has 1 aromatic carbocycles. The number of hydrogen-bond donors (Lipinski definition) is 0. The fraction of sp³-hybridized carbons (Fsp3) is 0.524. The Morgan fingerprint density at radius 3 is 2.51 bits per heavy atom. The third-order valence-corrected chi connectivity index (χ3v) is 7.55. The van der Waals surface area contributed by atoms with Gasteiger partial charge in [-0.1, -0.05) is 23.2 Å². The first-order valence-electron chi connectivity index (χ1n) is 10.6. The van der Waals surface area contributed by atoms with Crippen LogP contribution in [0.25, 0.3) is 0 Å². The van der Waals surface area contributed by atoms with E-state index in [0.29, 0.717) is 23.9 Å². The van der Waals surface area contributed by atoms with E-state index in [4.69, 9.17) is 27.9 Å². The minimum Gasteiger partial charge on any atom is -0.495 e. The smallest absolute Gasteiger partial charge is 0.436 e. The Morgan fingerprint density at radius 1 is 1.26 bits per heavy atom. The molecule has 35 heavy (non-hydrogen) atoms. The minimum atomic E-state index is -4.75. The molecule has 1 fully saturated rings. The number of rotatable bonds is 7. The van der Waals surface area contributed by atoms with Gasteiger partial charge in [0.2, 0.25) is 5.91 Å². The lowest BCUT2D eigenvalue weighted by Gasteiger charge is -2.42. The van der Waals surface area contributed by atoms with Gasteiger partial charge in [-0.3, -0.25) is 9.48 Å². The Labute approximate surface area is 211 Å². The summed E-state index contributed by atoms with van der Waals surface area (Å²) in [6.07, 6.45) is -3.48. The number of alkyl halides is 3. The van der Waals surface area contributed by atoms with Crippen molar-refractivity contribution in [3.8, 4) is 5.75 Å². The van der Waals surface area contributed by atoms with Crippen molar-refractivity contribution in [1.29, 1.82) is 0 Å². The molecule has 1 aliphatic heterocycles. The monoisotopic (exact) mass is 556 g/mol. The standard InChI is InChI=1S/C21H25Cl2F3N4O4S/c1-13-19(23)20(21(24,25)26)27-30(13)12-18(31)29-8-7-28(11-15(29)6-9-35(3,32)33)14-4-5-16(22)17(10-14)34-2/h4-5,10,15H,6-9,11-12H2,1-3H3/t15-/m0/s1. The molecule has 0 radical (unpaired) electrons. The summed E-state index contributed by atoms with van der Waals surface area (Å²) in [4.78, 5) is 16.6. The second-order valence-electron chi connectivity index (χ2n) is 8.33. The molecule has 2 heterocycles. The van der Waals surface area contributed by atoms with Crippen LogP contribution in [0.3, 0.4) is 0 Å². The second kappa shape index (κ2) is 10.4. The van der Waals surface area contributed by atoms with Crippen LogP contribution < -0.4 is 9.64 Å². The number of nitrogens with zero attached hydrogens (tertiary/aromatic N) is 4. The van der Waals surface area contributed by atoms with E-state index < -0.39 is 45.2 Å². The van der Waals surface area contributed by atoms with Gasteiger partial charge in [0, 0.05) is 37.6 Å². The van der Waals surface area contributed by atoms with Gasteiger partial charge in [0.15, 0.2) is 5.69 Å². The number of halogens is 5. The summed E-state index contributed by atoms with van der Waals surface area (Å²) in [5, 5.41) is 3.38. The molecular formula is C21H25Cl2F3N4O4S. The van der Waals surface area contributed by atoms with Crippen LogP contribution in [0.1, 0.15) is 17.8 Å². The highest BCUT2D eigenvalue weighted by Gasteiger charge is 2.39. The van der Waals surface area contributed by atoms with Gasteiger partial charge in [0.05, 0.1) is 34.6 Å². The molecule has 194 valence electrons. The summed E-state index contributed by atoms with van der Waals surface area (Å²) in [7, 11) is -1.82. The molecule has 0 saturated carbocycles. The van der Waals surface area contributed by atoms with Gasteiger partial charge in [0.1, 0.15) is 22.1 Å². The molecule has 2 aromatic rings. The zero-order chi connectivity index (χ0) is 26.1. The SMILES string of the molecule is COc1cc(N2CCN(C(=O)Cn3nc(C(F)(F)F)c(Cl)c3C)[C@@H](CCS(C)(=O)=O)C2)ccc1Cl. The highest BCUT2D eigenvalue weighted by molar-refractivity contribution is 7.90. The first-order chi connectivity index (χ1) is 16.2. The lowest BCUT2D eigenvalue weighted by molar-refractivity contribution is -0.142. The van der Waals surface area contributed by atoms with Gasteiger partial charge in [-0.15, -0.1) is 0 Å². The molecule has 0 spiro atoms. The quantitative estimate of drug-likeness (QED) is 0.517. The Morgan fingerprint density at radius 2 is 1.94 bits per heavy atom. The zero-order valence-electron chi connectivity index (χ0n) is 19.3. The first kappa shape index (κ1) is 27.4. The van der Waals surface area contributed by atoms with Crippen molar-refractivity contribution < 1.29 is 31.1 Å². The number of piperazine rings is 1. The average molecular weight is 557 g/mol. The molecule has 14 heteroatoms. The molecule has 0 N–H and O–H groups in total. The van der Waals surface area contributed by atoms with Crippen molar-refractivity contribution in [2.45, 2.75) is 32.1 Å². The summed E-state index contributed by atoms with van der Waals surface area (Å²) in [6, 6.07) is 4.73. The van der Waals surface area contributed by atoms with Crippen LogP contribution in [0.15, 0.2) is 18.2 Å². The lowest BCUT2D eigenvalue weighted by atomic mass is 10.1. The summed E-state index contributed by atoms with van der Waals surface area (Å²) in [6.45, 7) is 1.87. The highest BCUT2D eigenvalue weighted by atomic mass is 35.5. The van der Waals surface area contributed by atoms with E-state index in [-0.39, 0.29) is 24.4 Å². The van der Waals surface area contributed by atoms with Gasteiger partial charge in [-0.25, -0.2) is 8.42 Å². The highest BCUT2D eigenvalue weighted by Crippen LogP contribution is 2.35. The predicted octanol–water partition coefficient (Wildman–Crippen LogP) is 3.68. The van der Waals surface area contributed by atoms with Crippen molar-refractivity contribution in [3.05, 3.63) is 39.6 Å². The topological polar surface area (TPSA) is 84.7 Å². The number of methoxy groups -OCH3 is 1. The fourth-order valence-corrected chi connectivity index (χ4v) is 5.08. The summed E-state index contributed by atoms with van der Waals surface area (Å²) in [5.74, 6) is -0.154. The number of anilines is 1. The maximum absolute atomic E-state index is 13.2. The third kappa shape index (κ3) is 6.53. The first-order valence-corrected chi connectivity index (χ1v) is 13.4. The second-order valence-corrected chi connectivity index (χ2v) is 11.4. The zero-order valence-corrected chi connectivity index (χ0v) is 21.6. The maximum Gasteiger partial charge on any atom is 0.436 e. The van der Waals surface area contributed by atoms with Gasteiger partial charge >= 0.3 is 6.18 Å². The van der Waals surface area contributed by atoms with Crippen molar-refractivity contribution in [2.75, 3.05) is 43.7 Å². The molecule has 0 aliphatic carbocycles. The van der Waals surface area contributed by atoms with Crippen LogP contribution in [-0.2, 0) is 27.4 Å². The van der Waals surface area contributed by atoms with Gasteiger partial charge in [0.25, 0.3) is 0 Å².